The molecule has 0 radical (unpaired) electrons. The summed E-state index contributed by atoms with van der Waals surface area (Å²) in [7, 11) is 0. The van der Waals surface area contributed by atoms with Crippen molar-refractivity contribution in [1.82, 2.24) is 0 Å². The van der Waals surface area contributed by atoms with Gasteiger partial charge in [0.2, 0.25) is 0 Å². The molecular weight excluding hydrogens is 246 g/mol. The van der Waals surface area contributed by atoms with Gasteiger partial charge in [0.15, 0.2) is 5.78 Å². The van der Waals surface area contributed by atoms with Gasteiger partial charge in [-0.1, -0.05) is 63.6 Å². The van der Waals surface area contributed by atoms with Gasteiger partial charge in [-0.15, -0.1) is 0 Å². The van der Waals surface area contributed by atoms with Crippen LogP contribution < -0.4 is 0 Å². The fourth-order valence-electron chi connectivity index (χ4n) is 1.81. The van der Waals surface area contributed by atoms with Crippen molar-refractivity contribution >= 4 is 17.6 Å². The van der Waals surface area contributed by atoms with Crippen LogP contribution in [0.4, 0.5) is 0 Å². The number of carbonyl (C=O) groups excluding carboxylic acids is 1. The molecule has 1 rings (SSSR count). The molecule has 0 fully saturated rings. The van der Waals surface area contributed by atoms with Crippen LogP contribution in [-0.2, 0) is 4.79 Å². The van der Waals surface area contributed by atoms with Gasteiger partial charge in [0, 0.05) is 18.7 Å². The van der Waals surface area contributed by atoms with Gasteiger partial charge >= 0.3 is 0 Å². The molecule has 108 valence electrons. The van der Waals surface area contributed by atoms with Crippen molar-refractivity contribution < 1.29 is 4.79 Å². The maximum absolute atomic E-state index is 12.0. The van der Waals surface area contributed by atoms with E-state index < -0.39 is 0 Å². The van der Waals surface area contributed by atoms with E-state index in [0.29, 0.717) is 12.3 Å². The van der Waals surface area contributed by atoms with Crippen molar-refractivity contribution in [1.29, 1.82) is 0 Å². The van der Waals surface area contributed by atoms with Gasteiger partial charge in [-0.25, -0.2) is 0 Å². The molecule has 0 aliphatic carbocycles. The molecule has 0 amide bonds. The second-order valence-corrected chi connectivity index (χ2v) is 5.27. The summed E-state index contributed by atoms with van der Waals surface area (Å²) in [6.45, 7) is 7.18. The predicted octanol–water partition coefficient (Wildman–Crippen LogP) is 4.56. The van der Waals surface area contributed by atoms with E-state index in [-0.39, 0.29) is 5.78 Å². The van der Waals surface area contributed by atoms with E-state index in [1.165, 1.54) is 0 Å². The van der Waals surface area contributed by atoms with E-state index in [1.54, 1.807) is 6.08 Å². The second kappa shape index (κ2) is 9.24. The summed E-state index contributed by atoms with van der Waals surface area (Å²) in [6.07, 6.45) is 6.19. The number of aliphatic imine (C=N–C) groups is 1. The molecule has 1 aromatic carbocycles. The number of carbonyl (C=O) groups is 1. The van der Waals surface area contributed by atoms with E-state index >= 15 is 0 Å². The topological polar surface area (TPSA) is 29.4 Å². The summed E-state index contributed by atoms with van der Waals surface area (Å²) in [6, 6.07) is 9.88. The van der Waals surface area contributed by atoms with Crippen LogP contribution in [-0.4, -0.2) is 18.0 Å². The highest BCUT2D eigenvalue weighted by molar-refractivity contribution is 6.08. The quantitative estimate of drug-likeness (QED) is 0.387. The molecule has 0 aromatic heterocycles. The Hall–Kier alpha value is -1.70. The average molecular weight is 271 g/mol. The van der Waals surface area contributed by atoms with Crippen LogP contribution in [0, 0.1) is 5.92 Å². The zero-order valence-electron chi connectivity index (χ0n) is 12.8. The van der Waals surface area contributed by atoms with Gasteiger partial charge in [-0.05, 0) is 24.0 Å². The molecule has 0 aliphatic rings. The second-order valence-electron chi connectivity index (χ2n) is 5.27. The predicted molar refractivity (Wildman–Crippen MR) is 87.1 cm³/mol. The standard InChI is InChI=1S/C18H25NO/c1-4-5-13-19-18(15(2)3)14-17(20)12-11-16-9-7-6-8-10-16/h6-12,15H,4-5,13-14H2,1-3H3/b12-11+,19-18?. The molecule has 0 aliphatic heterocycles. The minimum absolute atomic E-state index is 0.123. The Bertz CT molecular complexity index is 458. The molecule has 0 atom stereocenters. The molecule has 0 spiro atoms. The van der Waals surface area contributed by atoms with Crippen molar-refractivity contribution in [2.75, 3.05) is 6.54 Å². The number of ketones is 1. The smallest absolute Gasteiger partial charge is 0.161 e. The number of nitrogens with zero attached hydrogens (tertiary/aromatic N) is 1. The van der Waals surface area contributed by atoms with Crippen LogP contribution in [0.5, 0.6) is 0 Å². The van der Waals surface area contributed by atoms with E-state index in [1.807, 2.05) is 36.4 Å². The Morgan fingerprint density at radius 1 is 1.25 bits per heavy atom. The van der Waals surface area contributed by atoms with Gasteiger partial charge in [-0.3, -0.25) is 9.79 Å². The number of allylic oxidation sites excluding steroid dienone is 1. The summed E-state index contributed by atoms with van der Waals surface area (Å²) in [5.74, 6) is 0.457. The molecule has 0 saturated heterocycles. The monoisotopic (exact) mass is 271 g/mol. The van der Waals surface area contributed by atoms with Crippen molar-refractivity contribution in [2.24, 2.45) is 10.9 Å². The summed E-state index contributed by atoms with van der Waals surface area (Å²) < 4.78 is 0. The third-order valence-corrected chi connectivity index (χ3v) is 3.11. The van der Waals surface area contributed by atoms with Gasteiger partial charge < -0.3 is 0 Å². The lowest BCUT2D eigenvalue weighted by Gasteiger charge is -2.08. The molecular formula is C18H25NO. The van der Waals surface area contributed by atoms with Gasteiger partial charge in [0.1, 0.15) is 0 Å². The van der Waals surface area contributed by atoms with Crippen LogP contribution >= 0.6 is 0 Å². The van der Waals surface area contributed by atoms with Crippen LogP contribution in [0.25, 0.3) is 6.08 Å². The molecule has 1 aromatic rings. The average Bonchev–Trinajstić information content (AvgIpc) is 2.45. The van der Waals surface area contributed by atoms with E-state index in [2.05, 4.69) is 25.8 Å². The molecule has 0 heterocycles. The van der Waals surface area contributed by atoms with Crippen LogP contribution in [0.2, 0.25) is 0 Å². The minimum Gasteiger partial charge on any atom is -0.294 e. The van der Waals surface area contributed by atoms with E-state index in [4.69, 9.17) is 0 Å². The van der Waals surface area contributed by atoms with Gasteiger partial charge in [0.05, 0.1) is 0 Å². The summed E-state index contributed by atoms with van der Waals surface area (Å²) in [5.41, 5.74) is 2.07. The summed E-state index contributed by atoms with van der Waals surface area (Å²) in [5, 5.41) is 0. The van der Waals surface area contributed by atoms with Gasteiger partial charge in [0.25, 0.3) is 0 Å². The maximum atomic E-state index is 12.0. The highest BCUT2D eigenvalue weighted by Crippen LogP contribution is 2.06. The van der Waals surface area contributed by atoms with Crippen molar-refractivity contribution in [2.45, 2.75) is 40.0 Å². The first-order chi connectivity index (χ1) is 9.63. The maximum Gasteiger partial charge on any atom is 0.161 e. The lowest BCUT2D eigenvalue weighted by molar-refractivity contribution is -0.113. The SMILES string of the molecule is CCCCN=C(CC(=O)/C=C/c1ccccc1)C(C)C. The first-order valence-electron chi connectivity index (χ1n) is 7.42. The first kappa shape index (κ1) is 16.4. The van der Waals surface area contributed by atoms with E-state index in [0.717, 1.165) is 30.7 Å². The largest absolute Gasteiger partial charge is 0.294 e. The lowest BCUT2D eigenvalue weighted by atomic mass is 10.0. The Kier molecular flexibility index (Phi) is 7.56. The third kappa shape index (κ3) is 6.46. The molecule has 0 N–H and O–H groups in total. The first-order valence-corrected chi connectivity index (χ1v) is 7.42. The Morgan fingerprint density at radius 3 is 2.55 bits per heavy atom. The fourth-order valence-corrected chi connectivity index (χ4v) is 1.81. The Labute approximate surface area is 122 Å². The number of hydrogen-bond donors (Lipinski definition) is 0. The van der Waals surface area contributed by atoms with Gasteiger partial charge in [-0.2, -0.15) is 0 Å². The fraction of sp³-hybridized carbons (Fsp3) is 0.444. The summed E-state index contributed by atoms with van der Waals surface area (Å²) in [4.78, 5) is 16.6. The molecule has 0 unspecified atom stereocenters. The minimum atomic E-state index is 0.123. The number of benzene rings is 1. The molecule has 2 heteroatoms. The van der Waals surface area contributed by atoms with Crippen LogP contribution in [0.1, 0.15) is 45.6 Å². The zero-order chi connectivity index (χ0) is 14.8. The lowest BCUT2D eigenvalue weighted by Crippen LogP contribution is -2.13. The zero-order valence-corrected chi connectivity index (χ0v) is 12.8. The number of unbranched alkanes of at least 4 members (excludes halogenated alkanes) is 1. The Balaban J connectivity index is 2.58. The third-order valence-electron chi connectivity index (χ3n) is 3.11. The van der Waals surface area contributed by atoms with Crippen molar-refractivity contribution in [3.8, 4) is 0 Å². The normalized spacial score (nSPS) is 12.3. The number of hydrogen-bond acceptors (Lipinski definition) is 2. The molecule has 0 bridgehead atoms. The number of rotatable bonds is 8. The highest BCUT2D eigenvalue weighted by Gasteiger charge is 2.08. The van der Waals surface area contributed by atoms with E-state index in [9.17, 15) is 4.79 Å². The van der Waals surface area contributed by atoms with Crippen molar-refractivity contribution in [3.05, 3.63) is 42.0 Å². The van der Waals surface area contributed by atoms with Crippen LogP contribution in [0.15, 0.2) is 41.4 Å². The molecule has 20 heavy (non-hydrogen) atoms. The highest BCUT2D eigenvalue weighted by atomic mass is 16.1. The Morgan fingerprint density at radius 2 is 1.95 bits per heavy atom. The van der Waals surface area contributed by atoms with Crippen molar-refractivity contribution in [3.63, 3.8) is 0 Å². The van der Waals surface area contributed by atoms with Crippen LogP contribution in [0.3, 0.4) is 0 Å². The molecule has 2 nitrogen and oxygen atoms in total. The molecule has 0 saturated carbocycles. The summed E-state index contributed by atoms with van der Waals surface area (Å²) >= 11 is 0.